The summed E-state index contributed by atoms with van der Waals surface area (Å²) >= 11 is 0. The van der Waals surface area contributed by atoms with Crippen LogP contribution in [-0.2, 0) is 0 Å². The van der Waals surface area contributed by atoms with Gasteiger partial charge in [-0.3, -0.25) is 0 Å². The Kier molecular flexibility index (Phi) is 8.13. The zero-order valence-corrected chi connectivity index (χ0v) is 11.3. The van der Waals surface area contributed by atoms with E-state index in [0.29, 0.717) is 0 Å². The van der Waals surface area contributed by atoms with Crippen molar-refractivity contribution in [2.45, 2.75) is 72.8 Å². The van der Waals surface area contributed by atoms with Gasteiger partial charge in [-0.1, -0.05) is 47.0 Å². The highest BCUT2D eigenvalue weighted by Crippen LogP contribution is 2.24. The summed E-state index contributed by atoms with van der Waals surface area (Å²) in [6.45, 7) is 11.2. The molecule has 0 aromatic carbocycles. The molecule has 0 saturated heterocycles. The van der Waals surface area contributed by atoms with Gasteiger partial charge in [0.1, 0.15) is 0 Å². The molecule has 0 aliphatic heterocycles. The molecule has 4 atom stereocenters. The Morgan fingerprint density at radius 3 is 1.67 bits per heavy atom. The number of aliphatic hydroxyl groups is 1. The average Bonchev–Trinajstić information content (AvgIpc) is 2.21. The van der Waals surface area contributed by atoms with E-state index in [1.54, 1.807) is 0 Å². The Hall–Kier alpha value is -0.0400. The Morgan fingerprint density at radius 1 is 0.800 bits per heavy atom. The van der Waals surface area contributed by atoms with Crippen LogP contribution in [0.15, 0.2) is 0 Å². The van der Waals surface area contributed by atoms with E-state index in [9.17, 15) is 5.11 Å². The second-order valence-electron chi connectivity index (χ2n) is 5.47. The molecule has 0 fully saturated rings. The highest BCUT2D eigenvalue weighted by molar-refractivity contribution is 4.65. The fourth-order valence-corrected chi connectivity index (χ4v) is 1.82. The van der Waals surface area contributed by atoms with Gasteiger partial charge in [-0.2, -0.15) is 0 Å². The fourth-order valence-electron chi connectivity index (χ4n) is 1.82. The molecule has 0 heterocycles. The number of hydrogen-bond donors (Lipinski definition) is 1. The summed E-state index contributed by atoms with van der Waals surface area (Å²) < 4.78 is 0. The van der Waals surface area contributed by atoms with E-state index < -0.39 is 0 Å². The second-order valence-corrected chi connectivity index (χ2v) is 5.47. The summed E-state index contributed by atoms with van der Waals surface area (Å²) in [4.78, 5) is 0. The smallest absolute Gasteiger partial charge is 0.0512 e. The summed E-state index contributed by atoms with van der Waals surface area (Å²) in [7, 11) is 0. The van der Waals surface area contributed by atoms with Crippen molar-refractivity contribution in [3.63, 3.8) is 0 Å². The van der Waals surface area contributed by atoms with Crippen molar-refractivity contribution >= 4 is 0 Å². The van der Waals surface area contributed by atoms with E-state index in [0.717, 1.165) is 24.2 Å². The SMILES string of the molecule is CC[C@@H](C)CCC(C)C(C)CC[C@@H](C)O. The molecule has 1 N–H and O–H groups in total. The molecule has 0 aliphatic rings. The van der Waals surface area contributed by atoms with E-state index in [1.165, 1.54) is 25.7 Å². The lowest BCUT2D eigenvalue weighted by atomic mass is 9.85. The Balaban J connectivity index is 3.64. The van der Waals surface area contributed by atoms with Crippen LogP contribution in [-0.4, -0.2) is 11.2 Å². The van der Waals surface area contributed by atoms with Crippen molar-refractivity contribution in [2.24, 2.45) is 17.8 Å². The summed E-state index contributed by atoms with van der Waals surface area (Å²) in [5.74, 6) is 2.43. The molecule has 0 radical (unpaired) electrons. The van der Waals surface area contributed by atoms with Crippen LogP contribution in [0.3, 0.4) is 0 Å². The van der Waals surface area contributed by atoms with Gasteiger partial charge in [0.15, 0.2) is 0 Å². The molecule has 0 rings (SSSR count). The van der Waals surface area contributed by atoms with Crippen LogP contribution < -0.4 is 0 Å². The maximum atomic E-state index is 9.24. The van der Waals surface area contributed by atoms with E-state index >= 15 is 0 Å². The van der Waals surface area contributed by atoms with Crippen molar-refractivity contribution in [2.75, 3.05) is 0 Å². The van der Waals surface area contributed by atoms with Crippen LogP contribution in [0.1, 0.15) is 66.7 Å². The minimum Gasteiger partial charge on any atom is -0.393 e. The second kappa shape index (κ2) is 8.15. The highest BCUT2D eigenvalue weighted by Gasteiger charge is 2.13. The predicted molar refractivity (Wildman–Crippen MR) is 67.9 cm³/mol. The molecular weight excluding hydrogens is 184 g/mol. The molecule has 0 aromatic heterocycles. The zero-order chi connectivity index (χ0) is 11.8. The van der Waals surface area contributed by atoms with Crippen LogP contribution in [0, 0.1) is 17.8 Å². The zero-order valence-electron chi connectivity index (χ0n) is 11.3. The molecule has 0 aliphatic carbocycles. The molecule has 0 amide bonds. The Labute approximate surface area is 96.3 Å². The summed E-state index contributed by atoms with van der Waals surface area (Å²) in [6.07, 6.45) is 5.99. The number of aliphatic hydroxyl groups excluding tert-OH is 1. The first-order chi connectivity index (χ1) is 6.97. The van der Waals surface area contributed by atoms with E-state index in [-0.39, 0.29) is 6.10 Å². The first-order valence-corrected chi connectivity index (χ1v) is 6.65. The molecule has 1 heteroatoms. The number of rotatable bonds is 8. The maximum Gasteiger partial charge on any atom is 0.0512 e. The van der Waals surface area contributed by atoms with Crippen LogP contribution in [0.5, 0.6) is 0 Å². The molecule has 15 heavy (non-hydrogen) atoms. The van der Waals surface area contributed by atoms with Crippen LogP contribution in [0.4, 0.5) is 0 Å². The van der Waals surface area contributed by atoms with Crippen molar-refractivity contribution < 1.29 is 5.11 Å². The molecule has 0 spiro atoms. The topological polar surface area (TPSA) is 20.2 Å². The molecule has 0 bridgehead atoms. The predicted octanol–water partition coefficient (Wildman–Crippen LogP) is 4.25. The van der Waals surface area contributed by atoms with Crippen molar-refractivity contribution in [1.82, 2.24) is 0 Å². The maximum absolute atomic E-state index is 9.24. The molecule has 2 unspecified atom stereocenters. The fraction of sp³-hybridized carbons (Fsp3) is 1.00. The lowest BCUT2D eigenvalue weighted by molar-refractivity contribution is 0.166. The van der Waals surface area contributed by atoms with Gasteiger partial charge in [0.05, 0.1) is 6.10 Å². The van der Waals surface area contributed by atoms with Gasteiger partial charge in [0, 0.05) is 0 Å². The first-order valence-electron chi connectivity index (χ1n) is 6.65. The van der Waals surface area contributed by atoms with E-state index in [4.69, 9.17) is 0 Å². The highest BCUT2D eigenvalue weighted by atomic mass is 16.3. The van der Waals surface area contributed by atoms with E-state index in [2.05, 4.69) is 27.7 Å². The lowest BCUT2D eigenvalue weighted by Crippen LogP contribution is -2.12. The van der Waals surface area contributed by atoms with Crippen molar-refractivity contribution in [3.8, 4) is 0 Å². The molecule has 0 aromatic rings. The van der Waals surface area contributed by atoms with Crippen LogP contribution in [0.2, 0.25) is 0 Å². The minimum absolute atomic E-state index is 0.130. The molecule has 0 saturated carbocycles. The Bertz CT molecular complexity index is 142. The largest absolute Gasteiger partial charge is 0.393 e. The van der Waals surface area contributed by atoms with Gasteiger partial charge >= 0.3 is 0 Å². The van der Waals surface area contributed by atoms with Gasteiger partial charge in [-0.05, 0) is 37.5 Å². The lowest BCUT2D eigenvalue weighted by Gasteiger charge is -2.21. The standard InChI is InChI=1S/C14H30O/c1-6-11(2)7-8-12(3)13(4)9-10-14(5)15/h11-15H,6-10H2,1-5H3/t11-,12?,13?,14-/m1/s1. The Morgan fingerprint density at radius 2 is 1.27 bits per heavy atom. The van der Waals surface area contributed by atoms with Gasteiger partial charge in [0.25, 0.3) is 0 Å². The quantitative estimate of drug-likeness (QED) is 0.640. The third-order valence-corrected chi connectivity index (χ3v) is 3.82. The van der Waals surface area contributed by atoms with Crippen molar-refractivity contribution in [1.29, 1.82) is 0 Å². The first kappa shape index (κ1) is 15.0. The van der Waals surface area contributed by atoms with Gasteiger partial charge in [0.2, 0.25) is 0 Å². The average molecular weight is 214 g/mol. The molecule has 92 valence electrons. The molecular formula is C14H30O. The van der Waals surface area contributed by atoms with Gasteiger partial charge < -0.3 is 5.11 Å². The normalized spacial score (nSPS) is 19.6. The van der Waals surface area contributed by atoms with Crippen LogP contribution >= 0.6 is 0 Å². The number of hydrogen-bond acceptors (Lipinski definition) is 1. The van der Waals surface area contributed by atoms with Crippen molar-refractivity contribution in [3.05, 3.63) is 0 Å². The minimum atomic E-state index is -0.130. The van der Waals surface area contributed by atoms with E-state index in [1.807, 2.05) is 6.92 Å². The summed E-state index contributed by atoms with van der Waals surface area (Å²) in [5.41, 5.74) is 0. The van der Waals surface area contributed by atoms with Gasteiger partial charge in [-0.15, -0.1) is 0 Å². The summed E-state index contributed by atoms with van der Waals surface area (Å²) in [5, 5.41) is 9.24. The molecule has 1 nitrogen and oxygen atoms in total. The third kappa shape index (κ3) is 7.84. The third-order valence-electron chi connectivity index (χ3n) is 3.82. The monoisotopic (exact) mass is 214 g/mol. The summed E-state index contributed by atoms with van der Waals surface area (Å²) in [6, 6.07) is 0. The van der Waals surface area contributed by atoms with Crippen LogP contribution in [0.25, 0.3) is 0 Å². The van der Waals surface area contributed by atoms with Gasteiger partial charge in [-0.25, -0.2) is 0 Å².